The predicted molar refractivity (Wildman–Crippen MR) is 169 cm³/mol. The Hall–Kier alpha value is -3.78. The first-order chi connectivity index (χ1) is 20.4. The van der Waals surface area contributed by atoms with Crippen LogP contribution in [0.15, 0.2) is 72.8 Å². The zero-order valence-electron chi connectivity index (χ0n) is 24.4. The molecule has 0 fully saturated rings. The zero-order chi connectivity index (χ0) is 30.9. The molecule has 0 radical (unpaired) electrons. The van der Waals surface area contributed by atoms with Gasteiger partial charge in [0.25, 0.3) is 5.91 Å². The van der Waals surface area contributed by atoms with Crippen LogP contribution in [0.3, 0.4) is 0 Å². The van der Waals surface area contributed by atoms with Crippen LogP contribution >= 0.6 is 23.2 Å². The fraction of sp³-hybridized carbons (Fsp3) is 0.294. The van der Waals surface area contributed by atoms with Gasteiger partial charge in [-0.15, -0.1) is 0 Å². The number of benzene rings is 3. The summed E-state index contributed by atoms with van der Waals surface area (Å²) >= 11 is 12.9. The Morgan fingerprint density at radius 2 is 1.81 bits per heavy atom. The van der Waals surface area contributed by atoms with Crippen LogP contribution in [0, 0.1) is 0 Å². The van der Waals surface area contributed by atoms with E-state index in [1.807, 2.05) is 50.2 Å². The molecule has 1 aromatic heterocycles. The minimum Gasteiger partial charge on any atom is -0.507 e. The molecule has 0 bridgehead atoms. The lowest BCUT2D eigenvalue weighted by Crippen LogP contribution is -2.44. The normalized spacial score (nSPS) is 16.9. The molecule has 2 heterocycles. The number of aliphatic hydroxyl groups is 1. The van der Waals surface area contributed by atoms with Crippen LogP contribution in [0.25, 0.3) is 22.4 Å². The van der Waals surface area contributed by atoms with Gasteiger partial charge in [-0.05, 0) is 93.6 Å². The number of carbonyl (C=O) groups is 1. The summed E-state index contributed by atoms with van der Waals surface area (Å²) in [4.78, 5) is 17.8. The number of aromatic hydroxyl groups is 1. The van der Waals surface area contributed by atoms with Crippen molar-refractivity contribution in [3.8, 4) is 39.8 Å². The smallest absolute Gasteiger partial charge is 0.255 e. The molecule has 3 aromatic carbocycles. The number of phenolic OH excluding ortho intramolecular Hbond substituents is 1. The molecule has 5 rings (SSSR count). The molecule has 0 saturated carbocycles. The zero-order valence-corrected chi connectivity index (χ0v) is 26.0. The van der Waals surface area contributed by atoms with E-state index in [4.69, 9.17) is 37.7 Å². The number of carbonyl (C=O) groups excluding carboxylic acids is 1. The van der Waals surface area contributed by atoms with E-state index in [1.54, 1.807) is 32.2 Å². The average Bonchev–Trinajstić information content (AvgIpc) is 2.95. The summed E-state index contributed by atoms with van der Waals surface area (Å²) in [5.74, 6) is 0.380. The summed E-state index contributed by atoms with van der Waals surface area (Å²) in [5.41, 5.74) is 2.26. The van der Waals surface area contributed by atoms with Gasteiger partial charge in [0, 0.05) is 28.3 Å². The standard InChI is InChI=1S/C34H34Cl2N2O5/c1-33(2)17-21(18-34(3,41)19-37-31(40)25-7-5-6-8-29(25)39)27-16-26(20-9-11-22(35)12-10-20)30(38-32(27)43-33)24-14-13-23(42-4)15-28(24)36/h5-16,21,39,41H,17-19H2,1-4H3,(H,37,40). The molecule has 43 heavy (non-hydrogen) atoms. The Labute approximate surface area is 261 Å². The van der Waals surface area contributed by atoms with E-state index >= 15 is 0 Å². The molecule has 0 spiro atoms. The molecule has 2 atom stereocenters. The summed E-state index contributed by atoms with van der Waals surface area (Å²) < 4.78 is 11.8. The van der Waals surface area contributed by atoms with Crippen molar-refractivity contribution in [2.24, 2.45) is 0 Å². The number of phenols is 1. The molecule has 2 unspecified atom stereocenters. The van der Waals surface area contributed by atoms with Gasteiger partial charge in [0.1, 0.15) is 17.1 Å². The highest BCUT2D eigenvalue weighted by Crippen LogP contribution is 2.47. The predicted octanol–water partition coefficient (Wildman–Crippen LogP) is 7.65. The van der Waals surface area contributed by atoms with Crippen molar-refractivity contribution in [2.45, 2.75) is 50.7 Å². The number of nitrogens with zero attached hydrogens (tertiary/aromatic N) is 1. The van der Waals surface area contributed by atoms with Crippen LogP contribution < -0.4 is 14.8 Å². The molecular weight excluding hydrogens is 587 g/mol. The molecule has 0 aliphatic carbocycles. The number of ether oxygens (including phenoxy) is 2. The van der Waals surface area contributed by atoms with Crippen molar-refractivity contribution >= 4 is 29.1 Å². The molecule has 7 nitrogen and oxygen atoms in total. The lowest BCUT2D eigenvalue weighted by atomic mass is 9.78. The van der Waals surface area contributed by atoms with Gasteiger partial charge in [-0.25, -0.2) is 4.98 Å². The third-order valence-corrected chi connectivity index (χ3v) is 8.18. The largest absolute Gasteiger partial charge is 0.507 e. The number of hydrogen-bond acceptors (Lipinski definition) is 6. The van der Waals surface area contributed by atoms with E-state index in [1.165, 1.54) is 12.1 Å². The third kappa shape index (κ3) is 6.90. The Balaban J connectivity index is 1.53. The Kier molecular flexibility index (Phi) is 8.61. The molecule has 0 saturated heterocycles. The van der Waals surface area contributed by atoms with E-state index in [0.717, 1.165) is 22.3 Å². The van der Waals surface area contributed by atoms with Gasteiger partial charge in [-0.3, -0.25) is 4.79 Å². The van der Waals surface area contributed by atoms with Crippen LogP contribution in [0.1, 0.15) is 55.5 Å². The van der Waals surface area contributed by atoms with Crippen molar-refractivity contribution in [1.29, 1.82) is 0 Å². The topological polar surface area (TPSA) is 101 Å². The number of pyridine rings is 1. The quantitative estimate of drug-likeness (QED) is 0.187. The fourth-order valence-electron chi connectivity index (χ4n) is 5.58. The number of amides is 1. The number of aromatic nitrogens is 1. The second-order valence-corrected chi connectivity index (χ2v) is 12.6. The summed E-state index contributed by atoms with van der Waals surface area (Å²) in [6.07, 6.45) is 0.951. The van der Waals surface area contributed by atoms with E-state index in [-0.39, 0.29) is 23.8 Å². The number of fused-ring (bicyclic) bond motifs is 1. The number of methoxy groups -OCH3 is 1. The highest BCUT2D eigenvalue weighted by atomic mass is 35.5. The van der Waals surface area contributed by atoms with E-state index in [9.17, 15) is 15.0 Å². The molecule has 4 aromatic rings. The lowest BCUT2D eigenvalue weighted by molar-refractivity contribution is 0.0159. The van der Waals surface area contributed by atoms with E-state index < -0.39 is 17.1 Å². The van der Waals surface area contributed by atoms with Gasteiger partial charge in [0.2, 0.25) is 5.88 Å². The monoisotopic (exact) mass is 620 g/mol. The van der Waals surface area contributed by atoms with E-state index in [2.05, 4.69) is 11.4 Å². The Bertz CT molecular complexity index is 1650. The summed E-state index contributed by atoms with van der Waals surface area (Å²) in [5, 5.41) is 25.4. The fourth-order valence-corrected chi connectivity index (χ4v) is 5.97. The highest BCUT2D eigenvalue weighted by Gasteiger charge is 2.39. The summed E-state index contributed by atoms with van der Waals surface area (Å²) in [6, 6.07) is 21.3. The van der Waals surface area contributed by atoms with Gasteiger partial charge in [-0.2, -0.15) is 0 Å². The molecule has 3 N–H and O–H groups in total. The van der Waals surface area contributed by atoms with Crippen molar-refractivity contribution in [3.63, 3.8) is 0 Å². The second-order valence-electron chi connectivity index (χ2n) is 11.8. The first-order valence-electron chi connectivity index (χ1n) is 14.0. The molecule has 9 heteroatoms. The molecule has 1 amide bonds. The number of hydrogen-bond donors (Lipinski definition) is 3. The molecule has 1 aliphatic heterocycles. The first-order valence-corrected chi connectivity index (χ1v) is 14.7. The number of halogens is 2. The van der Waals surface area contributed by atoms with Gasteiger partial charge in [0.05, 0.1) is 29.0 Å². The maximum atomic E-state index is 12.7. The van der Waals surface area contributed by atoms with Crippen LogP contribution in [0.2, 0.25) is 10.0 Å². The van der Waals surface area contributed by atoms with Gasteiger partial charge in [-0.1, -0.05) is 47.5 Å². The van der Waals surface area contributed by atoms with Crippen LogP contribution in [-0.4, -0.2) is 46.0 Å². The van der Waals surface area contributed by atoms with Crippen molar-refractivity contribution in [2.75, 3.05) is 13.7 Å². The molecular formula is C34H34Cl2N2O5. The number of nitrogens with one attached hydrogen (secondary N) is 1. The Morgan fingerprint density at radius 1 is 1.09 bits per heavy atom. The van der Waals surface area contributed by atoms with Crippen LogP contribution in [0.4, 0.5) is 0 Å². The van der Waals surface area contributed by atoms with Gasteiger partial charge >= 0.3 is 0 Å². The molecule has 1 aliphatic rings. The Morgan fingerprint density at radius 3 is 2.49 bits per heavy atom. The second kappa shape index (κ2) is 12.1. The van der Waals surface area contributed by atoms with Gasteiger partial charge in [0.15, 0.2) is 0 Å². The number of para-hydroxylation sites is 1. The van der Waals surface area contributed by atoms with Crippen molar-refractivity contribution in [3.05, 3.63) is 94.0 Å². The van der Waals surface area contributed by atoms with Crippen LogP contribution in [0.5, 0.6) is 17.4 Å². The maximum absolute atomic E-state index is 12.7. The van der Waals surface area contributed by atoms with E-state index in [0.29, 0.717) is 40.2 Å². The minimum atomic E-state index is -1.27. The lowest BCUT2D eigenvalue weighted by Gasteiger charge is -2.40. The first kappa shape index (κ1) is 30.7. The minimum absolute atomic E-state index is 0.00963. The third-order valence-electron chi connectivity index (χ3n) is 7.62. The summed E-state index contributed by atoms with van der Waals surface area (Å²) in [6.45, 7) is 5.67. The number of rotatable bonds is 8. The van der Waals surface area contributed by atoms with Crippen LogP contribution in [-0.2, 0) is 0 Å². The highest BCUT2D eigenvalue weighted by molar-refractivity contribution is 6.33. The average molecular weight is 622 g/mol. The van der Waals surface area contributed by atoms with Crippen molar-refractivity contribution < 1.29 is 24.5 Å². The summed E-state index contributed by atoms with van der Waals surface area (Å²) in [7, 11) is 1.59. The maximum Gasteiger partial charge on any atom is 0.255 e. The molecule has 224 valence electrons. The van der Waals surface area contributed by atoms with Crippen molar-refractivity contribution in [1.82, 2.24) is 10.3 Å². The van der Waals surface area contributed by atoms with Gasteiger partial charge < -0.3 is 25.0 Å². The SMILES string of the molecule is COc1ccc(-c2nc3c(cc2-c2ccc(Cl)cc2)C(CC(C)(O)CNC(=O)c2ccccc2O)CC(C)(C)O3)c(Cl)c1.